The lowest BCUT2D eigenvalue weighted by Crippen LogP contribution is -2.25. The van der Waals surface area contributed by atoms with Crippen LogP contribution in [-0.4, -0.2) is 25.5 Å². The van der Waals surface area contributed by atoms with Gasteiger partial charge in [-0.15, -0.1) is 0 Å². The van der Waals surface area contributed by atoms with Crippen molar-refractivity contribution in [3.05, 3.63) is 29.3 Å². The van der Waals surface area contributed by atoms with Crippen LogP contribution in [0.2, 0.25) is 0 Å². The molecule has 0 aromatic heterocycles. The van der Waals surface area contributed by atoms with Crippen LogP contribution >= 0.6 is 0 Å². The lowest BCUT2D eigenvalue weighted by Gasteiger charge is -2.05. The van der Waals surface area contributed by atoms with E-state index in [1.165, 1.54) is 7.05 Å². The Kier molecular flexibility index (Phi) is 3.88. The molecule has 0 atom stereocenters. The second-order valence-corrected chi connectivity index (χ2v) is 3.32. The molecule has 1 aromatic carbocycles. The van der Waals surface area contributed by atoms with E-state index in [4.69, 9.17) is 10.5 Å². The first-order valence-corrected chi connectivity index (χ1v) is 4.78. The van der Waals surface area contributed by atoms with E-state index in [0.717, 1.165) is 5.56 Å². The van der Waals surface area contributed by atoms with Crippen LogP contribution in [0.1, 0.15) is 15.9 Å². The molecule has 86 valence electrons. The minimum absolute atomic E-state index is 0.279. The van der Waals surface area contributed by atoms with Gasteiger partial charge in [-0.05, 0) is 30.7 Å². The number of esters is 1. The van der Waals surface area contributed by atoms with Crippen LogP contribution in [0.3, 0.4) is 0 Å². The molecule has 0 unspecified atom stereocenters. The summed E-state index contributed by atoms with van der Waals surface area (Å²) in [6, 6.07) is 4.82. The highest BCUT2D eigenvalue weighted by atomic mass is 16.5. The van der Waals surface area contributed by atoms with Gasteiger partial charge in [0.2, 0.25) is 0 Å². The summed E-state index contributed by atoms with van der Waals surface area (Å²) in [7, 11) is 1.48. The predicted octanol–water partition coefficient (Wildman–Crippen LogP) is 0.480. The van der Waals surface area contributed by atoms with Crippen molar-refractivity contribution in [1.82, 2.24) is 5.32 Å². The molecule has 16 heavy (non-hydrogen) atoms. The van der Waals surface area contributed by atoms with E-state index in [-0.39, 0.29) is 12.5 Å². The first kappa shape index (κ1) is 12.0. The number of amides is 1. The van der Waals surface area contributed by atoms with Crippen LogP contribution in [0.15, 0.2) is 18.2 Å². The number of hydrogen-bond acceptors (Lipinski definition) is 4. The number of likely N-dealkylation sites (N-methyl/N-ethyl adjacent to an activating group) is 1. The molecule has 0 saturated carbocycles. The van der Waals surface area contributed by atoms with E-state index >= 15 is 0 Å². The Balaban J connectivity index is 2.66. The van der Waals surface area contributed by atoms with E-state index in [0.29, 0.717) is 11.3 Å². The predicted molar refractivity (Wildman–Crippen MR) is 59.9 cm³/mol. The van der Waals surface area contributed by atoms with Gasteiger partial charge in [-0.2, -0.15) is 0 Å². The molecule has 0 aliphatic carbocycles. The summed E-state index contributed by atoms with van der Waals surface area (Å²) < 4.78 is 4.78. The Hall–Kier alpha value is -2.04. The van der Waals surface area contributed by atoms with E-state index in [1.54, 1.807) is 25.1 Å². The Morgan fingerprint density at radius 2 is 2.12 bits per heavy atom. The third-order valence-electron chi connectivity index (χ3n) is 2.12. The summed E-state index contributed by atoms with van der Waals surface area (Å²) in [5, 5.41) is 2.36. The van der Waals surface area contributed by atoms with Crippen molar-refractivity contribution in [2.24, 2.45) is 0 Å². The summed E-state index contributed by atoms with van der Waals surface area (Å²) >= 11 is 0. The second-order valence-electron chi connectivity index (χ2n) is 3.32. The summed E-state index contributed by atoms with van der Waals surface area (Å²) in [4.78, 5) is 22.3. The summed E-state index contributed by atoms with van der Waals surface area (Å²) in [6.45, 7) is 1.52. The molecule has 1 aromatic rings. The summed E-state index contributed by atoms with van der Waals surface area (Å²) in [6.07, 6.45) is 0. The van der Waals surface area contributed by atoms with Gasteiger partial charge in [0.1, 0.15) is 0 Å². The highest BCUT2D eigenvalue weighted by Crippen LogP contribution is 2.13. The first-order chi connectivity index (χ1) is 7.54. The maximum Gasteiger partial charge on any atom is 0.338 e. The third-order valence-corrected chi connectivity index (χ3v) is 2.12. The highest BCUT2D eigenvalue weighted by molar-refractivity contribution is 5.91. The van der Waals surface area contributed by atoms with Gasteiger partial charge in [0.05, 0.1) is 5.56 Å². The van der Waals surface area contributed by atoms with Crippen molar-refractivity contribution >= 4 is 17.6 Å². The number of hydrogen-bond donors (Lipinski definition) is 2. The largest absolute Gasteiger partial charge is 0.452 e. The number of aryl methyl sites for hydroxylation is 1. The van der Waals surface area contributed by atoms with Crippen molar-refractivity contribution in [1.29, 1.82) is 0 Å². The molecule has 0 bridgehead atoms. The van der Waals surface area contributed by atoms with Crippen LogP contribution in [0, 0.1) is 6.92 Å². The Morgan fingerprint density at radius 3 is 2.69 bits per heavy atom. The topological polar surface area (TPSA) is 81.4 Å². The number of ether oxygens (including phenoxy) is 1. The van der Waals surface area contributed by atoms with E-state index in [2.05, 4.69) is 5.32 Å². The molecule has 0 aliphatic heterocycles. The lowest BCUT2D eigenvalue weighted by atomic mass is 10.1. The molecule has 1 amide bonds. The maximum atomic E-state index is 11.5. The van der Waals surface area contributed by atoms with Gasteiger partial charge in [-0.3, -0.25) is 4.79 Å². The minimum Gasteiger partial charge on any atom is -0.452 e. The zero-order valence-corrected chi connectivity index (χ0v) is 9.24. The molecule has 5 nitrogen and oxygen atoms in total. The number of anilines is 1. The summed E-state index contributed by atoms with van der Waals surface area (Å²) in [5.74, 6) is -0.882. The number of carbonyl (C=O) groups is 2. The van der Waals surface area contributed by atoms with Gasteiger partial charge in [0.15, 0.2) is 6.61 Å². The van der Waals surface area contributed by atoms with Gasteiger partial charge >= 0.3 is 5.97 Å². The summed E-state index contributed by atoms with van der Waals surface area (Å²) in [5.41, 5.74) is 7.42. The fourth-order valence-electron chi connectivity index (χ4n) is 1.09. The standard InChI is InChI=1S/C11H14N2O3/c1-7-5-8(3-4-9(7)12)11(15)16-6-10(14)13-2/h3-5H,6,12H2,1-2H3,(H,13,14). The van der Waals surface area contributed by atoms with Gasteiger partial charge in [-0.25, -0.2) is 4.79 Å². The molecule has 0 radical (unpaired) electrons. The van der Waals surface area contributed by atoms with Gasteiger partial charge in [0.25, 0.3) is 5.91 Å². The molecule has 0 spiro atoms. The van der Waals surface area contributed by atoms with Gasteiger partial charge in [0, 0.05) is 12.7 Å². The SMILES string of the molecule is CNC(=O)COC(=O)c1ccc(N)c(C)c1. The van der Waals surface area contributed by atoms with Crippen molar-refractivity contribution < 1.29 is 14.3 Å². The van der Waals surface area contributed by atoms with Crippen molar-refractivity contribution in [3.63, 3.8) is 0 Å². The molecule has 3 N–H and O–H groups in total. The average molecular weight is 222 g/mol. The fourth-order valence-corrected chi connectivity index (χ4v) is 1.09. The van der Waals surface area contributed by atoms with Crippen molar-refractivity contribution in [2.75, 3.05) is 19.4 Å². The molecule has 0 saturated heterocycles. The maximum absolute atomic E-state index is 11.5. The monoisotopic (exact) mass is 222 g/mol. The van der Waals surface area contributed by atoms with Crippen LogP contribution in [0.25, 0.3) is 0 Å². The third kappa shape index (κ3) is 2.98. The fraction of sp³-hybridized carbons (Fsp3) is 0.273. The second kappa shape index (κ2) is 5.16. The highest BCUT2D eigenvalue weighted by Gasteiger charge is 2.09. The Labute approximate surface area is 93.6 Å². The molecule has 0 fully saturated rings. The number of nitrogens with two attached hydrogens (primary N) is 1. The normalized spacial score (nSPS) is 9.62. The van der Waals surface area contributed by atoms with Crippen LogP contribution < -0.4 is 11.1 Å². The van der Waals surface area contributed by atoms with Gasteiger partial charge in [-0.1, -0.05) is 0 Å². The van der Waals surface area contributed by atoms with Crippen LogP contribution in [-0.2, 0) is 9.53 Å². The van der Waals surface area contributed by atoms with E-state index in [9.17, 15) is 9.59 Å². The zero-order chi connectivity index (χ0) is 12.1. The smallest absolute Gasteiger partial charge is 0.338 e. The van der Waals surface area contributed by atoms with Crippen molar-refractivity contribution in [2.45, 2.75) is 6.92 Å². The number of carbonyl (C=O) groups excluding carboxylic acids is 2. The van der Waals surface area contributed by atoms with Crippen LogP contribution in [0.5, 0.6) is 0 Å². The Morgan fingerprint density at radius 1 is 1.44 bits per heavy atom. The van der Waals surface area contributed by atoms with Crippen LogP contribution in [0.4, 0.5) is 5.69 Å². The minimum atomic E-state index is -0.535. The number of nitrogen functional groups attached to an aromatic ring is 1. The molecule has 1 rings (SSSR count). The molecule has 0 heterocycles. The van der Waals surface area contributed by atoms with E-state index in [1.807, 2.05) is 0 Å². The van der Waals surface area contributed by atoms with Gasteiger partial charge < -0.3 is 15.8 Å². The number of rotatable bonds is 3. The molecular weight excluding hydrogens is 208 g/mol. The zero-order valence-electron chi connectivity index (χ0n) is 9.24. The quantitative estimate of drug-likeness (QED) is 0.575. The molecule has 5 heteroatoms. The molecule has 0 aliphatic rings. The number of benzene rings is 1. The average Bonchev–Trinajstić information content (AvgIpc) is 2.29. The van der Waals surface area contributed by atoms with E-state index < -0.39 is 5.97 Å². The lowest BCUT2D eigenvalue weighted by molar-refractivity contribution is -0.123. The van der Waals surface area contributed by atoms with Crippen molar-refractivity contribution in [3.8, 4) is 0 Å². The number of nitrogens with one attached hydrogen (secondary N) is 1. The first-order valence-electron chi connectivity index (χ1n) is 4.78. The molecular formula is C11H14N2O3. The Bertz CT molecular complexity index is 416.